The van der Waals surface area contributed by atoms with Crippen LogP contribution in [0.2, 0.25) is 54.4 Å². The van der Waals surface area contributed by atoms with E-state index in [4.69, 9.17) is 27.5 Å². The minimum absolute atomic E-state index is 0.113. The van der Waals surface area contributed by atoms with E-state index in [9.17, 15) is 64.2 Å². The summed E-state index contributed by atoms with van der Waals surface area (Å²) >= 11 is 0. The van der Waals surface area contributed by atoms with Crippen molar-refractivity contribution in [2.24, 2.45) is 0 Å². The monoisotopic (exact) mass is 1240 g/mol. The molecule has 4 fully saturated rings. The molecule has 27 heteroatoms. The van der Waals surface area contributed by atoms with Gasteiger partial charge in [-0.3, -0.25) is 29.0 Å². The van der Waals surface area contributed by atoms with Gasteiger partial charge in [0, 0.05) is 11.4 Å². The molecular weight excluding hydrogens is 1160 g/mol. The van der Waals surface area contributed by atoms with Crippen molar-refractivity contribution in [2.45, 2.75) is 237 Å². The maximum Gasteiger partial charge on any atom is 0.417 e. The van der Waals surface area contributed by atoms with Crippen molar-refractivity contribution in [1.29, 1.82) is 0 Å². The first-order valence-electron chi connectivity index (χ1n) is 27.1. The molecule has 0 unspecified atom stereocenters. The zero-order valence-electron chi connectivity index (χ0n) is 52.1. The summed E-state index contributed by atoms with van der Waals surface area (Å²) in [5, 5.41) is 11.3. The van der Waals surface area contributed by atoms with Gasteiger partial charge in [0.05, 0.1) is 20.3 Å². The van der Waals surface area contributed by atoms with Crippen molar-refractivity contribution >= 4 is 66.0 Å². The van der Waals surface area contributed by atoms with Crippen LogP contribution < -0.4 is 24.6 Å². The molecule has 4 aliphatic heterocycles. The number of halogens is 8. The zero-order valence-corrected chi connectivity index (χ0v) is 55.1. The molecule has 5 amide bonds. The number of anilines is 2. The number of carbonyl (C=O) groups is 5. The number of alkyl halides is 8. The lowest BCUT2D eigenvalue weighted by Gasteiger charge is -2.57. The third kappa shape index (κ3) is 14.8. The van der Waals surface area contributed by atoms with Crippen molar-refractivity contribution in [3.63, 3.8) is 0 Å². The maximum absolute atomic E-state index is 13.8. The van der Waals surface area contributed by atoms with Crippen LogP contribution in [0.5, 0.6) is 11.5 Å². The van der Waals surface area contributed by atoms with Crippen LogP contribution in [0, 0.1) is 0 Å². The van der Waals surface area contributed by atoms with Crippen LogP contribution in [0.1, 0.15) is 104 Å². The van der Waals surface area contributed by atoms with E-state index in [1.165, 1.54) is 47.1 Å². The molecule has 0 aliphatic carbocycles. The van der Waals surface area contributed by atoms with E-state index in [0.717, 1.165) is 16.7 Å². The normalized spacial score (nSPS) is 26.6. The minimum atomic E-state index is -2.90. The lowest BCUT2D eigenvalue weighted by atomic mass is 9.83. The number of imide groups is 1. The number of β-lactam (4-membered cyclic amide) rings is 4. The molecule has 6 rings (SSSR count). The van der Waals surface area contributed by atoms with Gasteiger partial charge in [0.25, 0.3) is 49.3 Å². The predicted molar refractivity (Wildman–Crippen MR) is 307 cm³/mol. The minimum Gasteiger partial charge on any atom is -0.497 e. The van der Waals surface area contributed by atoms with E-state index in [0.29, 0.717) is 27.8 Å². The molecule has 2 aromatic carbocycles. The average molecular weight is 1250 g/mol. The molecule has 0 spiro atoms. The fraction of sp³-hybridized carbons (Fsp3) is 0.696. The Hall–Kier alpha value is -4.68. The van der Waals surface area contributed by atoms with Gasteiger partial charge in [0.2, 0.25) is 0 Å². The Morgan fingerprint density at radius 2 is 0.855 bits per heavy atom. The highest BCUT2D eigenvalue weighted by Gasteiger charge is 2.69. The van der Waals surface area contributed by atoms with E-state index in [2.05, 4.69) is 5.32 Å². The Morgan fingerprint density at radius 1 is 0.530 bits per heavy atom. The molecule has 4 aliphatic rings. The molecule has 8 atom stereocenters. The van der Waals surface area contributed by atoms with E-state index in [1.807, 2.05) is 102 Å². The Morgan fingerprint density at radius 3 is 1.14 bits per heavy atom. The summed E-state index contributed by atoms with van der Waals surface area (Å²) in [6.07, 6.45) is -12.5. The standard InChI is InChI=1S/C18H27F2NO3Si.C15H27F2NO4Si.C12H13F2NO3.C11H21F2NO2Si/c1-17(2,3)25(6,7)24-18(4)14(15(19)20)21(16(18)22)12-8-10-13(23-5)11-9-12;1-9(2)21-13(20)18-10(11(16)17)15(6,12(18)19)22-23(7,8)14(3,4)5;1-12(17)9(10(13)14)15(11(12)16)7-3-5-8(18-2)6-4-7;1-10(2,3)17(5,6)16-11(4)7(8(12)13)14-9(11)15/h8-11,14-15H,1-7H3;9-11H,1-8H3;3-6,9-10,17H,1-2H3;7-8H,1-6H3,(H,14,15)/t14-,18+;10-,15+;9-,12+;7-,11+/m0000/s1. The van der Waals surface area contributed by atoms with E-state index >= 15 is 0 Å². The first-order chi connectivity index (χ1) is 37.3. The molecule has 472 valence electrons. The number of nitrogens with zero attached hydrogens (tertiary/aromatic N) is 3. The van der Waals surface area contributed by atoms with Crippen molar-refractivity contribution in [2.75, 3.05) is 24.0 Å². The molecule has 2 N–H and O–H groups in total. The topological polar surface area (TPSA) is 183 Å². The van der Waals surface area contributed by atoms with Crippen LogP contribution in [0.15, 0.2) is 48.5 Å². The molecule has 83 heavy (non-hydrogen) atoms. The number of rotatable bonds is 15. The molecule has 0 aromatic heterocycles. The molecule has 4 saturated heterocycles. The number of benzene rings is 2. The lowest BCUT2D eigenvalue weighted by Crippen LogP contribution is -2.79. The molecular formula is C56H88F8N4O12Si3. The molecule has 4 heterocycles. The number of likely N-dealkylation sites (tertiary alicyclic amines) is 1. The number of ether oxygens (including phenoxy) is 3. The van der Waals surface area contributed by atoms with Gasteiger partial charge >= 0.3 is 6.09 Å². The zero-order chi connectivity index (χ0) is 64.7. The summed E-state index contributed by atoms with van der Waals surface area (Å²) in [5.41, 5.74) is -5.85. The number of amides is 5. The number of nitrogens with one attached hydrogen (secondary N) is 1. The van der Waals surface area contributed by atoms with Gasteiger partial charge in [0.1, 0.15) is 35.7 Å². The summed E-state index contributed by atoms with van der Waals surface area (Å²) in [6.45, 7) is 38.1. The summed E-state index contributed by atoms with van der Waals surface area (Å²) < 4.78 is 139. The maximum atomic E-state index is 13.8. The van der Waals surface area contributed by atoms with Crippen molar-refractivity contribution < 1.29 is 91.7 Å². The lowest BCUT2D eigenvalue weighted by molar-refractivity contribution is -0.194. The second-order valence-electron chi connectivity index (χ2n) is 26.5. The number of hydrogen-bond acceptors (Lipinski definition) is 12. The van der Waals surface area contributed by atoms with Gasteiger partial charge in [0.15, 0.2) is 47.4 Å². The largest absolute Gasteiger partial charge is 0.497 e. The SMILES string of the molecule is CC(C)(C)[Si](C)(C)O[C@@]1(C)C(=O)N[C@H]1C(F)F.CC(C)OC(=O)N1C(=O)[C@](C)(O[Si](C)(C)C(C)(C)C)[C@@H]1C(F)F.COc1ccc(N2C(=O)[C@](C)(O)[C@@H]2C(F)F)cc1.COc1ccc(N2C(=O)[C@](C)(O[Si](C)(C)C(C)(C)C)[C@@H]2C(F)F)cc1. The quantitative estimate of drug-likeness (QED) is 0.0979. The highest BCUT2D eigenvalue weighted by Crippen LogP contribution is 2.49. The molecule has 0 saturated carbocycles. The van der Waals surface area contributed by atoms with Crippen molar-refractivity contribution in [3.05, 3.63) is 48.5 Å². The van der Waals surface area contributed by atoms with Gasteiger partial charge < -0.3 is 37.9 Å². The second-order valence-corrected chi connectivity index (χ2v) is 40.7. The second kappa shape index (κ2) is 25.3. The average Bonchev–Trinajstić information content (AvgIpc) is 1.59. The van der Waals surface area contributed by atoms with E-state index < -0.39 is 133 Å². The van der Waals surface area contributed by atoms with E-state index in [-0.39, 0.29) is 15.1 Å². The first-order valence-corrected chi connectivity index (χ1v) is 35.8. The van der Waals surface area contributed by atoms with Crippen LogP contribution in [-0.2, 0) is 37.2 Å². The fourth-order valence-corrected chi connectivity index (χ4v) is 13.5. The smallest absolute Gasteiger partial charge is 0.417 e. The summed E-state index contributed by atoms with van der Waals surface area (Å²) in [7, 11) is -4.08. The fourth-order valence-electron chi connectivity index (χ4n) is 8.74. The van der Waals surface area contributed by atoms with Gasteiger partial charge in [-0.15, -0.1) is 0 Å². The van der Waals surface area contributed by atoms with Crippen LogP contribution >= 0.6 is 0 Å². The van der Waals surface area contributed by atoms with Crippen molar-refractivity contribution in [3.8, 4) is 11.5 Å². The number of methoxy groups -OCH3 is 2. The highest BCUT2D eigenvalue weighted by atomic mass is 28.4. The summed E-state index contributed by atoms with van der Waals surface area (Å²) in [5.74, 6) is -1.19. The predicted octanol–water partition coefficient (Wildman–Crippen LogP) is 12.2. The Labute approximate surface area is 486 Å². The third-order valence-corrected chi connectivity index (χ3v) is 30.5. The Kier molecular flexibility index (Phi) is 22.2. The third-order valence-electron chi connectivity index (χ3n) is 16.8. The summed E-state index contributed by atoms with van der Waals surface area (Å²) in [6, 6.07) is 7.01. The molecule has 16 nitrogen and oxygen atoms in total. The van der Waals surface area contributed by atoms with E-state index in [1.54, 1.807) is 50.2 Å². The molecule has 2 aromatic rings. The number of hydrogen-bond donors (Lipinski definition) is 2. The van der Waals surface area contributed by atoms with Gasteiger partial charge in [-0.05, 0) is 144 Å². The molecule has 0 radical (unpaired) electrons. The Bertz CT molecular complexity index is 2620. The van der Waals surface area contributed by atoms with Gasteiger partial charge in [-0.2, -0.15) is 0 Å². The highest BCUT2D eigenvalue weighted by molar-refractivity contribution is 6.75. The number of carbonyl (C=O) groups excluding carboxylic acids is 5. The van der Waals surface area contributed by atoms with Crippen LogP contribution in [0.25, 0.3) is 0 Å². The van der Waals surface area contributed by atoms with Crippen LogP contribution in [0.4, 0.5) is 51.3 Å². The van der Waals surface area contributed by atoms with Gasteiger partial charge in [-0.25, -0.2) is 44.8 Å². The first kappa shape index (κ1) is 72.6. The molecule has 0 bridgehead atoms. The van der Waals surface area contributed by atoms with Crippen LogP contribution in [0.3, 0.4) is 0 Å². The van der Waals surface area contributed by atoms with Crippen molar-refractivity contribution in [1.82, 2.24) is 10.2 Å². The Balaban J connectivity index is 0.000000294. The number of aliphatic hydroxyl groups is 1. The van der Waals surface area contributed by atoms with Gasteiger partial charge in [-0.1, -0.05) is 62.3 Å². The van der Waals surface area contributed by atoms with Crippen LogP contribution in [-0.4, -0.2) is 157 Å². The summed E-state index contributed by atoms with van der Waals surface area (Å²) in [4.78, 5) is 62.9.